The predicted octanol–water partition coefficient (Wildman–Crippen LogP) is 4.66. The minimum Gasteiger partial charge on any atom is -0.493 e. The van der Waals surface area contributed by atoms with Crippen molar-refractivity contribution in [2.45, 2.75) is 19.8 Å². The van der Waals surface area contributed by atoms with E-state index in [1.165, 1.54) is 0 Å². The maximum Gasteiger partial charge on any atom is 0.307 e. The lowest BCUT2D eigenvalue weighted by atomic mass is 10.1. The largest absolute Gasteiger partial charge is 0.493 e. The summed E-state index contributed by atoms with van der Waals surface area (Å²) in [5.41, 5.74) is 3.69. The number of benzene rings is 3. The third-order valence-corrected chi connectivity index (χ3v) is 6.05. The molecular formula is C28H25NO6. The van der Waals surface area contributed by atoms with Crippen molar-refractivity contribution in [3.63, 3.8) is 0 Å². The number of ether oxygens (including phenoxy) is 3. The third-order valence-electron chi connectivity index (χ3n) is 6.05. The van der Waals surface area contributed by atoms with E-state index in [9.17, 15) is 14.7 Å². The molecule has 3 aromatic carbocycles. The molecule has 1 aliphatic heterocycles. The van der Waals surface area contributed by atoms with Crippen LogP contribution in [0.4, 0.5) is 0 Å². The number of hydrogen-bond acceptors (Lipinski definition) is 5. The normalized spacial score (nSPS) is 12.5. The zero-order valence-electron chi connectivity index (χ0n) is 19.3. The van der Waals surface area contributed by atoms with Gasteiger partial charge in [-0.1, -0.05) is 24.3 Å². The number of carbonyl (C=O) groups excluding carboxylic acids is 1. The van der Waals surface area contributed by atoms with E-state index >= 15 is 0 Å². The van der Waals surface area contributed by atoms with Gasteiger partial charge >= 0.3 is 5.97 Å². The van der Waals surface area contributed by atoms with E-state index in [4.69, 9.17) is 14.2 Å². The van der Waals surface area contributed by atoms with Gasteiger partial charge in [0.1, 0.15) is 19.0 Å². The quantitative estimate of drug-likeness (QED) is 0.422. The lowest BCUT2D eigenvalue weighted by molar-refractivity contribution is -0.136. The molecule has 0 spiro atoms. The van der Waals surface area contributed by atoms with Crippen molar-refractivity contribution >= 4 is 22.8 Å². The van der Waals surface area contributed by atoms with Crippen LogP contribution in [0, 0.1) is 6.92 Å². The second kappa shape index (κ2) is 9.54. The number of rotatable bonds is 7. The zero-order chi connectivity index (χ0) is 24.4. The van der Waals surface area contributed by atoms with Crippen LogP contribution in [-0.2, 0) is 17.6 Å². The highest BCUT2D eigenvalue weighted by Gasteiger charge is 2.18. The lowest BCUT2D eigenvalue weighted by Gasteiger charge is -2.21. The number of hydrogen-bond donors (Lipinski definition) is 1. The fraction of sp³-hybridized carbons (Fsp3) is 0.214. The van der Waals surface area contributed by atoms with Crippen molar-refractivity contribution in [3.05, 3.63) is 89.1 Å². The first-order valence-corrected chi connectivity index (χ1v) is 11.5. The summed E-state index contributed by atoms with van der Waals surface area (Å²) >= 11 is 0. The van der Waals surface area contributed by atoms with Crippen LogP contribution in [0.1, 0.15) is 27.2 Å². The molecule has 0 saturated carbocycles. The Morgan fingerprint density at radius 3 is 2.51 bits per heavy atom. The summed E-state index contributed by atoms with van der Waals surface area (Å²) in [4.78, 5) is 24.5. The number of para-hydroxylation sites is 1. The molecule has 0 fully saturated rings. The van der Waals surface area contributed by atoms with Crippen LogP contribution in [0.5, 0.6) is 17.2 Å². The summed E-state index contributed by atoms with van der Waals surface area (Å²) in [5, 5.41) is 9.97. The van der Waals surface area contributed by atoms with Crippen molar-refractivity contribution in [2.75, 3.05) is 19.8 Å². The number of carboxylic acid groups (broad SMARTS) is 1. The Morgan fingerprint density at radius 2 is 1.71 bits per heavy atom. The van der Waals surface area contributed by atoms with E-state index in [2.05, 4.69) is 0 Å². The smallest absolute Gasteiger partial charge is 0.307 e. The van der Waals surface area contributed by atoms with Crippen molar-refractivity contribution < 1.29 is 28.9 Å². The summed E-state index contributed by atoms with van der Waals surface area (Å²) in [6.07, 6.45) is 0.576. The molecule has 0 amide bonds. The molecule has 0 saturated heterocycles. The van der Waals surface area contributed by atoms with Crippen molar-refractivity contribution in [3.8, 4) is 17.2 Å². The second-order valence-electron chi connectivity index (χ2n) is 8.41. The van der Waals surface area contributed by atoms with Gasteiger partial charge in [0.25, 0.3) is 5.91 Å². The maximum atomic E-state index is 13.3. The van der Waals surface area contributed by atoms with Crippen LogP contribution in [0.15, 0.2) is 66.7 Å². The number of carbonyl (C=O) groups is 2. The van der Waals surface area contributed by atoms with E-state index in [-0.39, 0.29) is 12.3 Å². The molecule has 1 aromatic heterocycles. The van der Waals surface area contributed by atoms with Gasteiger partial charge in [0.15, 0.2) is 11.5 Å². The van der Waals surface area contributed by atoms with Gasteiger partial charge in [-0.05, 0) is 55.0 Å². The summed E-state index contributed by atoms with van der Waals surface area (Å²) in [5.74, 6) is 1.13. The summed E-state index contributed by atoms with van der Waals surface area (Å²) in [6, 6.07) is 20.1. The molecule has 4 aromatic rings. The molecule has 0 unspecified atom stereocenters. The standard InChI is InChI=1S/C28H25NO6/c1-18-16-23-21(17-26(30)31)5-2-6-24(23)29(18)28(32)20-8-10-22(11-9-20)33-13-12-19-4-3-7-25-27(19)35-15-14-34-25/h2-11,16H,12-15,17H2,1H3,(H,30,31). The Kier molecular flexibility index (Phi) is 6.14. The molecule has 1 N–H and O–H groups in total. The summed E-state index contributed by atoms with van der Waals surface area (Å²) < 4.78 is 18.9. The SMILES string of the molecule is Cc1cc2c(CC(=O)O)cccc2n1C(=O)c1ccc(OCCc2cccc3c2OCCO3)cc1. The third kappa shape index (κ3) is 4.57. The van der Waals surface area contributed by atoms with Gasteiger partial charge in [-0.3, -0.25) is 14.2 Å². The Hall–Kier alpha value is -4.26. The number of carboxylic acids is 1. The molecule has 7 heteroatoms. The van der Waals surface area contributed by atoms with Gasteiger partial charge in [0.2, 0.25) is 0 Å². The molecule has 0 aliphatic carbocycles. The number of aryl methyl sites for hydroxylation is 1. The minimum atomic E-state index is -0.905. The van der Waals surface area contributed by atoms with Gasteiger partial charge in [-0.15, -0.1) is 0 Å². The van der Waals surface area contributed by atoms with Gasteiger partial charge in [-0.25, -0.2) is 0 Å². The Morgan fingerprint density at radius 1 is 0.971 bits per heavy atom. The van der Waals surface area contributed by atoms with Crippen molar-refractivity contribution in [1.82, 2.24) is 4.57 Å². The van der Waals surface area contributed by atoms with E-state index in [1.807, 2.05) is 37.3 Å². The highest BCUT2D eigenvalue weighted by Crippen LogP contribution is 2.34. The lowest BCUT2D eigenvalue weighted by Crippen LogP contribution is -2.17. The van der Waals surface area contributed by atoms with Gasteiger partial charge in [0, 0.05) is 28.6 Å². The Balaban J connectivity index is 1.29. The fourth-order valence-electron chi connectivity index (χ4n) is 4.44. The first-order chi connectivity index (χ1) is 17.0. The van der Waals surface area contributed by atoms with Crippen LogP contribution in [0.25, 0.3) is 10.9 Å². The molecule has 7 nitrogen and oxygen atoms in total. The average Bonchev–Trinajstić information content (AvgIpc) is 3.20. The van der Waals surface area contributed by atoms with E-state index in [0.29, 0.717) is 48.6 Å². The average molecular weight is 472 g/mol. The molecule has 5 rings (SSSR count). The minimum absolute atomic E-state index is 0.0913. The van der Waals surface area contributed by atoms with Crippen molar-refractivity contribution in [2.24, 2.45) is 0 Å². The topological polar surface area (TPSA) is 87.0 Å². The molecule has 2 heterocycles. The van der Waals surface area contributed by atoms with Crippen LogP contribution in [-0.4, -0.2) is 41.4 Å². The number of aromatic nitrogens is 1. The number of nitrogens with zero attached hydrogens (tertiary/aromatic N) is 1. The zero-order valence-corrected chi connectivity index (χ0v) is 19.3. The highest BCUT2D eigenvalue weighted by molar-refractivity contribution is 6.04. The fourth-order valence-corrected chi connectivity index (χ4v) is 4.44. The van der Waals surface area contributed by atoms with E-state index in [0.717, 1.165) is 28.1 Å². The Labute approximate surface area is 202 Å². The molecule has 178 valence electrons. The first kappa shape index (κ1) is 22.5. The number of aliphatic carboxylic acids is 1. The van der Waals surface area contributed by atoms with E-state index in [1.54, 1.807) is 41.0 Å². The molecule has 0 atom stereocenters. The van der Waals surface area contributed by atoms with Gasteiger partial charge in [-0.2, -0.15) is 0 Å². The molecule has 35 heavy (non-hydrogen) atoms. The van der Waals surface area contributed by atoms with Crippen LogP contribution in [0.3, 0.4) is 0 Å². The second-order valence-corrected chi connectivity index (χ2v) is 8.41. The molecule has 0 bridgehead atoms. The highest BCUT2D eigenvalue weighted by atomic mass is 16.6. The van der Waals surface area contributed by atoms with Crippen LogP contribution < -0.4 is 14.2 Å². The van der Waals surface area contributed by atoms with Crippen LogP contribution in [0.2, 0.25) is 0 Å². The predicted molar refractivity (Wildman–Crippen MR) is 131 cm³/mol. The van der Waals surface area contributed by atoms with Crippen LogP contribution >= 0.6 is 0 Å². The number of fused-ring (bicyclic) bond motifs is 2. The maximum absolute atomic E-state index is 13.3. The van der Waals surface area contributed by atoms with Gasteiger partial charge in [0.05, 0.1) is 18.5 Å². The van der Waals surface area contributed by atoms with E-state index < -0.39 is 5.97 Å². The Bertz CT molecular complexity index is 1400. The first-order valence-electron chi connectivity index (χ1n) is 11.5. The van der Waals surface area contributed by atoms with Crippen molar-refractivity contribution in [1.29, 1.82) is 0 Å². The molecule has 1 aliphatic rings. The molecular weight excluding hydrogens is 446 g/mol. The van der Waals surface area contributed by atoms with Gasteiger partial charge < -0.3 is 19.3 Å². The molecule has 0 radical (unpaired) electrons. The summed E-state index contributed by atoms with van der Waals surface area (Å²) in [6.45, 7) is 3.40. The monoisotopic (exact) mass is 471 g/mol. The summed E-state index contributed by atoms with van der Waals surface area (Å²) in [7, 11) is 0.